The summed E-state index contributed by atoms with van der Waals surface area (Å²) in [6, 6.07) is -0.00953. The van der Waals surface area contributed by atoms with Crippen LogP contribution in [0.3, 0.4) is 0 Å². The largest absolute Gasteiger partial charge is 0.522 e. The molecule has 0 aliphatic heterocycles. The van der Waals surface area contributed by atoms with E-state index in [4.69, 9.17) is 9.47 Å². The van der Waals surface area contributed by atoms with Gasteiger partial charge >= 0.3 is 12.3 Å². The lowest BCUT2D eigenvalue weighted by atomic mass is 9.86. The van der Waals surface area contributed by atoms with Crippen molar-refractivity contribution in [3.05, 3.63) is 0 Å². The van der Waals surface area contributed by atoms with Crippen molar-refractivity contribution in [2.45, 2.75) is 63.1 Å². The van der Waals surface area contributed by atoms with Crippen LogP contribution in [-0.2, 0) is 23.8 Å². The number of alkyl halides is 3. The number of halogens is 3. The number of ether oxygens (including phenoxy) is 3. The van der Waals surface area contributed by atoms with Gasteiger partial charge in [-0.25, -0.2) is 0 Å². The lowest BCUT2D eigenvalue weighted by Crippen LogP contribution is -2.44. The second kappa shape index (κ2) is 8.15. The highest BCUT2D eigenvalue weighted by Crippen LogP contribution is 2.32. The highest BCUT2D eigenvalue weighted by Gasteiger charge is 2.40. The number of carbonyl (C=O) groups is 2. The zero-order valence-corrected chi connectivity index (χ0v) is 13.4. The molecule has 2 fully saturated rings. The number of hydrogen-bond donors (Lipinski definition) is 1. The summed E-state index contributed by atoms with van der Waals surface area (Å²) in [4.78, 5) is 23.2. The number of amides is 1. The highest BCUT2D eigenvalue weighted by molar-refractivity contribution is 5.77. The Morgan fingerprint density at radius 3 is 2.25 bits per heavy atom. The summed E-state index contributed by atoms with van der Waals surface area (Å²) in [7, 11) is 1.36. The van der Waals surface area contributed by atoms with Crippen LogP contribution in [0.2, 0.25) is 0 Å². The number of esters is 1. The van der Waals surface area contributed by atoms with Crippen LogP contribution in [0.25, 0.3) is 0 Å². The number of methoxy groups -OCH3 is 1. The summed E-state index contributed by atoms with van der Waals surface area (Å²) in [6.45, 7) is -0.180. The molecule has 2 saturated carbocycles. The third-order valence-corrected chi connectivity index (χ3v) is 4.43. The Labute approximate surface area is 138 Å². The number of carbonyl (C=O) groups excluding carboxylic acids is 2. The van der Waals surface area contributed by atoms with Gasteiger partial charge in [0.1, 0.15) is 6.61 Å². The van der Waals surface area contributed by atoms with E-state index in [1.54, 1.807) is 0 Å². The summed E-state index contributed by atoms with van der Waals surface area (Å²) in [6.07, 6.45) is -2.91. The minimum Gasteiger partial charge on any atom is -0.469 e. The van der Waals surface area contributed by atoms with Crippen LogP contribution in [0.15, 0.2) is 0 Å². The molecule has 0 heterocycles. The van der Waals surface area contributed by atoms with Gasteiger partial charge in [0.2, 0.25) is 5.91 Å². The molecule has 0 saturated heterocycles. The van der Waals surface area contributed by atoms with Gasteiger partial charge in [0, 0.05) is 18.9 Å². The standard InChI is InChI=1S/C15H22F3NO5/c1-22-14(21)9-2-4-10(5-3-9)19-13(20)8-23-11-6-12(7-11)24-15(16,17)18/h9-12H,2-8H2,1H3,(H,19,20)/t9-,10-,11-,12+. The second-order valence-corrected chi connectivity index (χ2v) is 6.23. The maximum Gasteiger partial charge on any atom is 0.522 e. The Bertz CT molecular complexity index is 443. The SMILES string of the molecule is COC(=O)[C@H]1CC[C@H](NC(=O)CO[C@H]2C[C@@H](OC(F)(F)F)C2)CC1. The van der Waals surface area contributed by atoms with Crippen LogP contribution in [0.1, 0.15) is 38.5 Å². The summed E-state index contributed by atoms with van der Waals surface area (Å²) in [5.41, 5.74) is 0. The minimum absolute atomic E-state index is 0.00953. The molecule has 0 aromatic rings. The molecule has 138 valence electrons. The smallest absolute Gasteiger partial charge is 0.469 e. The van der Waals surface area contributed by atoms with Gasteiger partial charge in [-0.3, -0.25) is 14.3 Å². The second-order valence-electron chi connectivity index (χ2n) is 6.23. The predicted octanol–water partition coefficient (Wildman–Crippen LogP) is 1.92. The fraction of sp³-hybridized carbons (Fsp3) is 0.867. The number of nitrogens with one attached hydrogen (secondary N) is 1. The first-order chi connectivity index (χ1) is 11.3. The topological polar surface area (TPSA) is 73.9 Å². The normalized spacial score (nSPS) is 30.3. The molecule has 0 spiro atoms. The first-order valence-electron chi connectivity index (χ1n) is 8.00. The number of rotatable bonds is 6. The summed E-state index contributed by atoms with van der Waals surface area (Å²) in [5.74, 6) is -0.625. The van der Waals surface area contributed by atoms with Crippen LogP contribution in [-0.4, -0.2) is 50.2 Å². The lowest BCUT2D eigenvalue weighted by Gasteiger charge is -2.35. The van der Waals surface area contributed by atoms with Gasteiger partial charge in [-0.05, 0) is 25.7 Å². The summed E-state index contributed by atoms with van der Waals surface area (Å²) < 4.78 is 49.7. The molecule has 24 heavy (non-hydrogen) atoms. The maximum absolute atomic E-state index is 12.0. The third kappa shape index (κ3) is 5.94. The predicted molar refractivity (Wildman–Crippen MR) is 75.8 cm³/mol. The summed E-state index contributed by atoms with van der Waals surface area (Å²) >= 11 is 0. The Balaban J connectivity index is 1.56. The van der Waals surface area contributed by atoms with Gasteiger partial charge in [0.05, 0.1) is 25.2 Å². The monoisotopic (exact) mass is 353 g/mol. The average molecular weight is 353 g/mol. The lowest BCUT2D eigenvalue weighted by molar-refractivity contribution is -0.357. The van der Waals surface area contributed by atoms with E-state index >= 15 is 0 Å². The molecule has 1 amide bonds. The van der Waals surface area contributed by atoms with Crippen LogP contribution in [0.4, 0.5) is 13.2 Å². The van der Waals surface area contributed by atoms with Crippen molar-refractivity contribution in [1.29, 1.82) is 0 Å². The van der Waals surface area contributed by atoms with Crippen molar-refractivity contribution in [3.8, 4) is 0 Å². The van der Waals surface area contributed by atoms with Gasteiger partial charge in [-0.2, -0.15) is 0 Å². The van der Waals surface area contributed by atoms with E-state index in [1.807, 2.05) is 0 Å². The van der Waals surface area contributed by atoms with Gasteiger partial charge in [0.25, 0.3) is 0 Å². The Kier molecular flexibility index (Phi) is 6.45. The Morgan fingerprint density at radius 2 is 1.71 bits per heavy atom. The molecule has 0 atom stereocenters. The van der Waals surface area contributed by atoms with Crippen molar-refractivity contribution in [2.24, 2.45) is 5.92 Å². The first-order valence-corrected chi connectivity index (χ1v) is 8.00. The Morgan fingerprint density at radius 1 is 1.08 bits per heavy atom. The molecule has 9 heteroatoms. The molecular weight excluding hydrogens is 331 g/mol. The van der Waals surface area contributed by atoms with E-state index in [2.05, 4.69) is 10.1 Å². The zero-order chi connectivity index (χ0) is 17.7. The van der Waals surface area contributed by atoms with Crippen molar-refractivity contribution in [2.75, 3.05) is 13.7 Å². The van der Waals surface area contributed by atoms with E-state index in [0.29, 0.717) is 25.7 Å². The molecule has 2 aliphatic carbocycles. The van der Waals surface area contributed by atoms with E-state index in [-0.39, 0.29) is 49.4 Å². The van der Waals surface area contributed by atoms with Crippen molar-refractivity contribution < 1.29 is 37.0 Å². The molecule has 1 N–H and O–H groups in total. The van der Waals surface area contributed by atoms with Gasteiger partial charge in [-0.15, -0.1) is 13.2 Å². The Hall–Kier alpha value is -1.35. The molecule has 0 aromatic heterocycles. The quantitative estimate of drug-likeness (QED) is 0.739. The summed E-state index contributed by atoms with van der Waals surface area (Å²) in [5, 5.41) is 2.82. The fourth-order valence-electron chi connectivity index (χ4n) is 3.04. The molecule has 2 aliphatic rings. The molecule has 6 nitrogen and oxygen atoms in total. The number of hydrogen-bond acceptors (Lipinski definition) is 5. The molecule has 0 unspecified atom stereocenters. The highest BCUT2D eigenvalue weighted by atomic mass is 19.4. The van der Waals surface area contributed by atoms with Crippen molar-refractivity contribution >= 4 is 11.9 Å². The van der Waals surface area contributed by atoms with Crippen molar-refractivity contribution in [1.82, 2.24) is 5.32 Å². The van der Waals surface area contributed by atoms with E-state index in [1.165, 1.54) is 7.11 Å². The van der Waals surface area contributed by atoms with Crippen molar-refractivity contribution in [3.63, 3.8) is 0 Å². The van der Waals surface area contributed by atoms with Gasteiger partial charge in [-0.1, -0.05) is 0 Å². The third-order valence-electron chi connectivity index (χ3n) is 4.43. The van der Waals surface area contributed by atoms with Gasteiger partial charge in [0.15, 0.2) is 0 Å². The van der Waals surface area contributed by atoms with Crippen LogP contribution >= 0.6 is 0 Å². The molecule has 2 rings (SSSR count). The average Bonchev–Trinajstić information content (AvgIpc) is 2.48. The molecular formula is C15H22F3NO5. The van der Waals surface area contributed by atoms with E-state index in [9.17, 15) is 22.8 Å². The molecule has 0 bridgehead atoms. The maximum atomic E-state index is 12.0. The van der Waals surface area contributed by atoms with Gasteiger partial charge < -0.3 is 14.8 Å². The van der Waals surface area contributed by atoms with E-state index < -0.39 is 12.5 Å². The first kappa shape index (κ1) is 19.0. The van der Waals surface area contributed by atoms with Crippen LogP contribution in [0.5, 0.6) is 0 Å². The fourth-order valence-corrected chi connectivity index (χ4v) is 3.04. The zero-order valence-electron chi connectivity index (χ0n) is 13.4. The van der Waals surface area contributed by atoms with E-state index in [0.717, 1.165) is 0 Å². The molecule has 0 radical (unpaired) electrons. The minimum atomic E-state index is -4.63. The molecule has 0 aromatic carbocycles. The van der Waals surface area contributed by atoms with Crippen LogP contribution in [0, 0.1) is 5.92 Å². The van der Waals surface area contributed by atoms with Crippen LogP contribution < -0.4 is 5.32 Å².